The van der Waals surface area contributed by atoms with Gasteiger partial charge in [0.25, 0.3) is 0 Å². The molecule has 0 spiro atoms. The van der Waals surface area contributed by atoms with E-state index in [9.17, 15) is 0 Å². The average Bonchev–Trinajstić information content (AvgIpc) is 3.13. The molecule has 25 heavy (non-hydrogen) atoms. The molecule has 0 aliphatic heterocycles. The molecule has 0 radical (unpaired) electrons. The predicted molar refractivity (Wildman–Crippen MR) is 100 cm³/mol. The SMILES string of the molecule is C(=N\c1ccccn1)/c1cn(-c2ccccc2)nc1-c1ccccc1. The Bertz CT molecular complexity index is 974. The summed E-state index contributed by atoms with van der Waals surface area (Å²) in [5.74, 6) is 0.675. The first-order valence-corrected chi connectivity index (χ1v) is 8.06. The van der Waals surface area contributed by atoms with E-state index in [0.717, 1.165) is 22.5 Å². The molecule has 0 bridgehead atoms. The number of hydrogen-bond donors (Lipinski definition) is 0. The third kappa shape index (κ3) is 3.38. The van der Waals surface area contributed by atoms with Crippen LogP contribution in [-0.4, -0.2) is 21.0 Å². The van der Waals surface area contributed by atoms with Crippen LogP contribution >= 0.6 is 0 Å². The number of para-hydroxylation sites is 1. The van der Waals surface area contributed by atoms with Crippen molar-refractivity contribution in [1.29, 1.82) is 0 Å². The molecule has 0 saturated carbocycles. The molecule has 0 unspecified atom stereocenters. The van der Waals surface area contributed by atoms with Crippen LogP contribution in [0.4, 0.5) is 5.82 Å². The van der Waals surface area contributed by atoms with Gasteiger partial charge >= 0.3 is 0 Å². The zero-order valence-corrected chi connectivity index (χ0v) is 13.5. The monoisotopic (exact) mass is 324 g/mol. The molecule has 4 rings (SSSR count). The smallest absolute Gasteiger partial charge is 0.151 e. The molecule has 4 nitrogen and oxygen atoms in total. The topological polar surface area (TPSA) is 43.1 Å². The van der Waals surface area contributed by atoms with Crippen molar-refractivity contribution in [2.24, 2.45) is 4.99 Å². The van der Waals surface area contributed by atoms with E-state index in [0.29, 0.717) is 5.82 Å². The molecule has 0 fully saturated rings. The first-order valence-electron chi connectivity index (χ1n) is 8.06. The predicted octanol–water partition coefficient (Wildman–Crippen LogP) is 4.68. The molecule has 4 heteroatoms. The summed E-state index contributed by atoms with van der Waals surface area (Å²) in [6, 6.07) is 25.9. The van der Waals surface area contributed by atoms with Crippen LogP contribution in [0, 0.1) is 0 Å². The van der Waals surface area contributed by atoms with Gasteiger partial charge in [-0.05, 0) is 24.3 Å². The third-order valence-electron chi connectivity index (χ3n) is 3.80. The molecule has 0 saturated heterocycles. The van der Waals surface area contributed by atoms with E-state index in [1.54, 1.807) is 6.20 Å². The Morgan fingerprint density at radius 2 is 1.52 bits per heavy atom. The number of rotatable bonds is 4. The van der Waals surface area contributed by atoms with Crippen LogP contribution in [0.25, 0.3) is 16.9 Å². The normalized spacial score (nSPS) is 11.0. The Labute approximate surface area is 146 Å². The van der Waals surface area contributed by atoms with Crippen LogP contribution in [0.2, 0.25) is 0 Å². The fraction of sp³-hybridized carbons (Fsp3) is 0. The molecular formula is C21H16N4. The fourth-order valence-electron chi connectivity index (χ4n) is 2.58. The molecule has 0 N–H and O–H groups in total. The highest BCUT2D eigenvalue weighted by atomic mass is 15.3. The summed E-state index contributed by atoms with van der Waals surface area (Å²) in [5.41, 5.74) is 3.90. The van der Waals surface area contributed by atoms with Crippen LogP contribution in [-0.2, 0) is 0 Å². The van der Waals surface area contributed by atoms with E-state index in [1.165, 1.54) is 0 Å². The first-order chi connectivity index (χ1) is 12.4. The van der Waals surface area contributed by atoms with E-state index in [4.69, 9.17) is 5.10 Å². The Morgan fingerprint density at radius 1 is 0.800 bits per heavy atom. The Morgan fingerprint density at radius 3 is 2.24 bits per heavy atom. The highest BCUT2D eigenvalue weighted by molar-refractivity contribution is 5.89. The van der Waals surface area contributed by atoms with Crippen molar-refractivity contribution in [3.63, 3.8) is 0 Å². The lowest BCUT2D eigenvalue weighted by Gasteiger charge is -2.00. The minimum atomic E-state index is 0.675. The number of aromatic nitrogens is 3. The van der Waals surface area contributed by atoms with Gasteiger partial charge in [0.15, 0.2) is 5.82 Å². The van der Waals surface area contributed by atoms with Crippen molar-refractivity contribution in [3.8, 4) is 16.9 Å². The Balaban J connectivity index is 1.78. The van der Waals surface area contributed by atoms with Crippen molar-refractivity contribution < 1.29 is 0 Å². The maximum atomic E-state index is 4.77. The summed E-state index contributed by atoms with van der Waals surface area (Å²) in [5, 5.41) is 4.77. The number of nitrogens with zero attached hydrogens (tertiary/aromatic N) is 4. The van der Waals surface area contributed by atoms with Gasteiger partial charge in [0.05, 0.1) is 5.69 Å². The molecule has 0 aliphatic rings. The van der Waals surface area contributed by atoms with Gasteiger partial charge in [-0.1, -0.05) is 54.6 Å². The molecule has 0 aliphatic carbocycles. The second-order valence-electron chi connectivity index (χ2n) is 5.53. The zero-order valence-electron chi connectivity index (χ0n) is 13.5. The van der Waals surface area contributed by atoms with E-state index >= 15 is 0 Å². The van der Waals surface area contributed by atoms with Gasteiger partial charge in [0, 0.05) is 29.7 Å². The Kier molecular flexibility index (Phi) is 4.16. The number of benzene rings is 2. The number of pyridine rings is 1. The van der Waals surface area contributed by atoms with E-state index in [-0.39, 0.29) is 0 Å². The van der Waals surface area contributed by atoms with E-state index in [1.807, 2.05) is 83.8 Å². The minimum absolute atomic E-state index is 0.675. The van der Waals surface area contributed by atoms with Gasteiger partial charge in [-0.15, -0.1) is 0 Å². The lowest BCUT2D eigenvalue weighted by Crippen LogP contribution is -1.93. The maximum Gasteiger partial charge on any atom is 0.151 e. The van der Waals surface area contributed by atoms with Gasteiger partial charge in [-0.25, -0.2) is 14.7 Å². The highest BCUT2D eigenvalue weighted by Crippen LogP contribution is 2.23. The van der Waals surface area contributed by atoms with Crippen LogP contribution in [0.15, 0.2) is 96.2 Å². The minimum Gasteiger partial charge on any atom is -0.240 e. The summed E-state index contributed by atoms with van der Waals surface area (Å²) in [6.45, 7) is 0. The van der Waals surface area contributed by atoms with Gasteiger partial charge in [-0.3, -0.25) is 0 Å². The molecular weight excluding hydrogens is 308 g/mol. The summed E-state index contributed by atoms with van der Waals surface area (Å²) in [4.78, 5) is 8.72. The molecule has 2 heterocycles. The summed E-state index contributed by atoms with van der Waals surface area (Å²) in [6.07, 6.45) is 5.54. The van der Waals surface area contributed by atoms with Crippen LogP contribution < -0.4 is 0 Å². The quantitative estimate of drug-likeness (QED) is 0.511. The summed E-state index contributed by atoms with van der Waals surface area (Å²) in [7, 11) is 0. The Hall–Kier alpha value is -3.53. The van der Waals surface area contributed by atoms with Crippen molar-refractivity contribution >= 4 is 12.0 Å². The largest absolute Gasteiger partial charge is 0.240 e. The molecule has 2 aromatic heterocycles. The van der Waals surface area contributed by atoms with Gasteiger partial charge in [-0.2, -0.15) is 5.10 Å². The van der Waals surface area contributed by atoms with Gasteiger partial charge < -0.3 is 0 Å². The van der Waals surface area contributed by atoms with Crippen molar-refractivity contribution in [3.05, 3.63) is 96.8 Å². The number of aliphatic imine (C=N–C) groups is 1. The van der Waals surface area contributed by atoms with E-state index < -0.39 is 0 Å². The second-order valence-corrected chi connectivity index (χ2v) is 5.53. The van der Waals surface area contributed by atoms with Crippen LogP contribution in [0.3, 0.4) is 0 Å². The lowest BCUT2D eigenvalue weighted by molar-refractivity contribution is 0.884. The standard InChI is InChI=1S/C21H16N4/c1-3-9-17(10-4-1)21-18(15-23-20-13-7-8-14-22-20)16-25(24-21)19-11-5-2-6-12-19/h1-16H/b23-15+. The molecule has 0 atom stereocenters. The van der Waals surface area contributed by atoms with Crippen LogP contribution in [0.5, 0.6) is 0 Å². The maximum absolute atomic E-state index is 4.77. The van der Waals surface area contributed by atoms with Crippen molar-refractivity contribution in [1.82, 2.24) is 14.8 Å². The second kappa shape index (κ2) is 6.93. The van der Waals surface area contributed by atoms with Crippen LogP contribution in [0.1, 0.15) is 5.56 Å². The summed E-state index contributed by atoms with van der Waals surface area (Å²) >= 11 is 0. The molecule has 120 valence electrons. The van der Waals surface area contributed by atoms with Crippen molar-refractivity contribution in [2.45, 2.75) is 0 Å². The van der Waals surface area contributed by atoms with E-state index in [2.05, 4.69) is 22.1 Å². The summed E-state index contributed by atoms with van der Waals surface area (Å²) < 4.78 is 1.88. The highest BCUT2D eigenvalue weighted by Gasteiger charge is 2.10. The van der Waals surface area contributed by atoms with Crippen molar-refractivity contribution in [2.75, 3.05) is 0 Å². The molecule has 2 aromatic carbocycles. The molecule has 0 amide bonds. The third-order valence-corrected chi connectivity index (χ3v) is 3.80. The first kappa shape index (κ1) is 15.0. The van der Waals surface area contributed by atoms with Gasteiger partial charge in [0.1, 0.15) is 5.69 Å². The number of hydrogen-bond acceptors (Lipinski definition) is 3. The fourth-order valence-corrected chi connectivity index (χ4v) is 2.58. The lowest BCUT2D eigenvalue weighted by atomic mass is 10.1. The average molecular weight is 324 g/mol. The van der Waals surface area contributed by atoms with Gasteiger partial charge in [0.2, 0.25) is 0 Å². The molecule has 4 aromatic rings. The zero-order chi connectivity index (χ0) is 16.9.